The van der Waals surface area contributed by atoms with E-state index in [1.54, 1.807) is 13.1 Å². The summed E-state index contributed by atoms with van der Waals surface area (Å²) in [6, 6.07) is 16.4. The van der Waals surface area contributed by atoms with Crippen LogP contribution in [0.1, 0.15) is 59.1 Å². The molecule has 0 radical (unpaired) electrons. The highest BCUT2D eigenvalue weighted by Crippen LogP contribution is 2.42. The standard InChI is InChI=1S/C26H26N2O3/c1-3-30-26(29)24-16-27-15-23(28-24)21-11-7-10-20(21)22-14-18(2)12-13-25(22)31-17-19-8-5-4-6-9-19/h4-6,8-9,12-16H,3,7,10-11,17H2,1-2H3. The van der Waals surface area contributed by atoms with Gasteiger partial charge in [-0.15, -0.1) is 0 Å². The molecule has 5 heteroatoms. The van der Waals surface area contributed by atoms with Gasteiger partial charge >= 0.3 is 5.97 Å². The molecular formula is C26H26N2O3. The Hall–Kier alpha value is -3.47. The van der Waals surface area contributed by atoms with Crippen LogP contribution in [0.15, 0.2) is 60.9 Å². The Morgan fingerprint density at radius 3 is 2.65 bits per heavy atom. The molecular weight excluding hydrogens is 388 g/mol. The largest absolute Gasteiger partial charge is 0.488 e. The van der Waals surface area contributed by atoms with Crippen molar-refractivity contribution >= 4 is 17.1 Å². The molecule has 0 N–H and O–H groups in total. The molecule has 0 aliphatic heterocycles. The first kappa shape index (κ1) is 20.8. The van der Waals surface area contributed by atoms with Crippen molar-refractivity contribution in [3.8, 4) is 5.75 Å². The highest BCUT2D eigenvalue weighted by molar-refractivity contribution is 5.94. The first-order chi connectivity index (χ1) is 15.2. The van der Waals surface area contributed by atoms with Crippen LogP contribution in [0.5, 0.6) is 5.75 Å². The normalized spacial score (nSPS) is 13.4. The second-order valence-corrected chi connectivity index (χ2v) is 7.59. The Labute approximate surface area is 182 Å². The molecule has 0 fully saturated rings. The Kier molecular flexibility index (Phi) is 6.41. The van der Waals surface area contributed by atoms with Gasteiger partial charge in [-0.1, -0.05) is 42.0 Å². The molecule has 1 aliphatic rings. The maximum atomic E-state index is 12.1. The van der Waals surface area contributed by atoms with Crippen molar-refractivity contribution in [2.75, 3.05) is 6.61 Å². The van der Waals surface area contributed by atoms with E-state index in [1.165, 1.54) is 17.3 Å². The highest BCUT2D eigenvalue weighted by atomic mass is 16.5. The zero-order chi connectivity index (χ0) is 21.6. The monoisotopic (exact) mass is 414 g/mol. The maximum absolute atomic E-state index is 12.1. The molecule has 0 atom stereocenters. The number of nitrogens with zero attached hydrogens (tertiary/aromatic N) is 2. The topological polar surface area (TPSA) is 61.3 Å². The summed E-state index contributed by atoms with van der Waals surface area (Å²) < 4.78 is 11.3. The predicted octanol–water partition coefficient (Wildman–Crippen LogP) is 5.64. The number of ether oxygens (including phenoxy) is 2. The lowest BCUT2D eigenvalue weighted by Gasteiger charge is -2.15. The van der Waals surface area contributed by atoms with E-state index in [0.717, 1.165) is 47.4 Å². The van der Waals surface area contributed by atoms with Crippen molar-refractivity contribution in [3.05, 3.63) is 89.0 Å². The molecule has 3 aromatic rings. The zero-order valence-corrected chi connectivity index (χ0v) is 17.9. The zero-order valence-electron chi connectivity index (χ0n) is 17.9. The van der Waals surface area contributed by atoms with Crippen molar-refractivity contribution in [2.45, 2.75) is 39.7 Å². The summed E-state index contributed by atoms with van der Waals surface area (Å²) in [7, 11) is 0. The second-order valence-electron chi connectivity index (χ2n) is 7.59. The van der Waals surface area contributed by atoms with Crippen LogP contribution in [0.25, 0.3) is 11.1 Å². The molecule has 1 heterocycles. The van der Waals surface area contributed by atoms with Crippen molar-refractivity contribution in [1.82, 2.24) is 9.97 Å². The van der Waals surface area contributed by atoms with Crippen molar-refractivity contribution in [1.29, 1.82) is 0 Å². The van der Waals surface area contributed by atoms with Gasteiger partial charge in [-0.2, -0.15) is 0 Å². The minimum atomic E-state index is -0.445. The third-order valence-corrected chi connectivity index (χ3v) is 5.34. The van der Waals surface area contributed by atoms with Crippen molar-refractivity contribution in [3.63, 3.8) is 0 Å². The van der Waals surface area contributed by atoms with Crippen LogP contribution in [0.2, 0.25) is 0 Å². The van der Waals surface area contributed by atoms with Crippen LogP contribution in [-0.4, -0.2) is 22.5 Å². The maximum Gasteiger partial charge on any atom is 0.358 e. The van der Waals surface area contributed by atoms with Gasteiger partial charge in [0.2, 0.25) is 0 Å². The number of carbonyl (C=O) groups excluding carboxylic acids is 1. The van der Waals surface area contributed by atoms with Crippen molar-refractivity contribution < 1.29 is 14.3 Å². The number of hydrogen-bond acceptors (Lipinski definition) is 5. The molecule has 5 nitrogen and oxygen atoms in total. The predicted molar refractivity (Wildman–Crippen MR) is 121 cm³/mol. The van der Waals surface area contributed by atoms with Gasteiger partial charge in [0.25, 0.3) is 0 Å². The van der Waals surface area contributed by atoms with Crippen LogP contribution >= 0.6 is 0 Å². The SMILES string of the molecule is CCOC(=O)c1cncc(C2=C(c3cc(C)ccc3OCc3ccccc3)CCC2)n1. The van der Waals surface area contributed by atoms with Crippen molar-refractivity contribution in [2.24, 2.45) is 0 Å². The van der Waals surface area contributed by atoms with Gasteiger partial charge < -0.3 is 9.47 Å². The van der Waals surface area contributed by atoms with E-state index in [9.17, 15) is 4.79 Å². The molecule has 1 aromatic heterocycles. The molecule has 31 heavy (non-hydrogen) atoms. The summed E-state index contributed by atoms with van der Waals surface area (Å²) in [5, 5.41) is 0. The van der Waals surface area contributed by atoms with Gasteiger partial charge in [-0.25, -0.2) is 9.78 Å². The second kappa shape index (κ2) is 9.56. The van der Waals surface area contributed by atoms with Crippen LogP contribution in [0.3, 0.4) is 0 Å². The van der Waals surface area contributed by atoms with Gasteiger partial charge in [-0.3, -0.25) is 4.98 Å². The molecule has 0 saturated carbocycles. The van der Waals surface area contributed by atoms with E-state index in [2.05, 4.69) is 41.2 Å². The molecule has 0 amide bonds. The van der Waals surface area contributed by atoms with Crippen LogP contribution in [0, 0.1) is 6.92 Å². The lowest BCUT2D eigenvalue weighted by Crippen LogP contribution is -2.09. The van der Waals surface area contributed by atoms with Crippen LogP contribution < -0.4 is 4.74 Å². The summed E-state index contributed by atoms with van der Waals surface area (Å²) in [4.78, 5) is 20.9. The molecule has 158 valence electrons. The minimum Gasteiger partial charge on any atom is -0.488 e. The lowest BCUT2D eigenvalue weighted by atomic mass is 9.97. The fourth-order valence-electron chi connectivity index (χ4n) is 3.88. The molecule has 0 spiro atoms. The summed E-state index contributed by atoms with van der Waals surface area (Å²) >= 11 is 0. The van der Waals surface area contributed by atoms with E-state index in [1.807, 2.05) is 24.3 Å². The average molecular weight is 415 g/mol. The molecule has 0 saturated heterocycles. The third kappa shape index (κ3) is 4.82. The molecule has 4 rings (SSSR count). The molecule has 2 aromatic carbocycles. The fraction of sp³-hybridized carbons (Fsp3) is 0.269. The molecule has 1 aliphatic carbocycles. The van der Waals surface area contributed by atoms with Gasteiger partial charge in [0.15, 0.2) is 5.69 Å². The smallest absolute Gasteiger partial charge is 0.358 e. The Morgan fingerprint density at radius 1 is 1.03 bits per heavy atom. The first-order valence-electron chi connectivity index (χ1n) is 10.6. The molecule has 0 bridgehead atoms. The summed E-state index contributed by atoms with van der Waals surface area (Å²) in [6.45, 7) is 4.68. The summed E-state index contributed by atoms with van der Waals surface area (Å²) in [5.41, 5.74) is 6.69. The Morgan fingerprint density at radius 2 is 1.84 bits per heavy atom. The minimum absolute atomic E-state index is 0.239. The van der Waals surface area contributed by atoms with Gasteiger partial charge in [0.05, 0.1) is 24.7 Å². The quantitative estimate of drug-likeness (QED) is 0.469. The van der Waals surface area contributed by atoms with Gasteiger partial charge in [0, 0.05) is 5.56 Å². The third-order valence-electron chi connectivity index (χ3n) is 5.34. The van der Waals surface area contributed by atoms with Gasteiger partial charge in [-0.05, 0) is 62.0 Å². The fourth-order valence-corrected chi connectivity index (χ4v) is 3.88. The number of aryl methyl sites for hydroxylation is 1. The number of allylic oxidation sites excluding steroid dienone is 2. The Balaban J connectivity index is 1.69. The van der Waals surface area contributed by atoms with E-state index in [0.29, 0.717) is 13.2 Å². The first-order valence-corrected chi connectivity index (χ1v) is 10.6. The number of benzene rings is 2. The number of esters is 1. The van der Waals surface area contributed by atoms with Crippen LogP contribution in [-0.2, 0) is 11.3 Å². The van der Waals surface area contributed by atoms with Crippen LogP contribution in [0.4, 0.5) is 0 Å². The summed E-state index contributed by atoms with van der Waals surface area (Å²) in [5.74, 6) is 0.415. The summed E-state index contributed by atoms with van der Waals surface area (Å²) in [6.07, 6.45) is 6.04. The number of aromatic nitrogens is 2. The number of rotatable bonds is 7. The Bertz CT molecular complexity index is 1110. The average Bonchev–Trinajstić information content (AvgIpc) is 3.29. The highest BCUT2D eigenvalue weighted by Gasteiger charge is 2.23. The molecule has 0 unspecified atom stereocenters. The van der Waals surface area contributed by atoms with E-state index in [-0.39, 0.29) is 5.69 Å². The van der Waals surface area contributed by atoms with E-state index >= 15 is 0 Å². The van der Waals surface area contributed by atoms with E-state index < -0.39 is 5.97 Å². The lowest BCUT2D eigenvalue weighted by molar-refractivity contribution is 0.0519. The van der Waals surface area contributed by atoms with Gasteiger partial charge in [0.1, 0.15) is 12.4 Å². The van der Waals surface area contributed by atoms with E-state index in [4.69, 9.17) is 9.47 Å². The number of hydrogen-bond donors (Lipinski definition) is 0. The number of carbonyl (C=O) groups is 1.